The third kappa shape index (κ3) is 2.78. The van der Waals surface area contributed by atoms with Crippen molar-refractivity contribution in [1.29, 1.82) is 0 Å². The van der Waals surface area contributed by atoms with E-state index in [0.29, 0.717) is 6.04 Å². The van der Waals surface area contributed by atoms with Gasteiger partial charge in [-0.3, -0.25) is 4.90 Å². The number of para-hydroxylation sites is 1. The van der Waals surface area contributed by atoms with Crippen LogP contribution in [0.5, 0.6) is 11.5 Å². The first kappa shape index (κ1) is 18.5. The third-order valence-corrected chi connectivity index (χ3v) is 7.01. The van der Waals surface area contributed by atoms with Gasteiger partial charge in [0, 0.05) is 29.2 Å². The molecular formula is C27H26N2O2. The third-order valence-electron chi connectivity index (χ3n) is 7.01. The van der Waals surface area contributed by atoms with Crippen molar-refractivity contribution in [3.05, 3.63) is 94.7 Å². The molecule has 0 saturated carbocycles. The first-order valence-electron chi connectivity index (χ1n) is 10.9. The molecule has 4 nitrogen and oxygen atoms in total. The van der Waals surface area contributed by atoms with Gasteiger partial charge in [0.25, 0.3) is 0 Å². The van der Waals surface area contributed by atoms with Crippen LogP contribution in [0.2, 0.25) is 0 Å². The maximum atomic E-state index is 5.67. The van der Waals surface area contributed by atoms with Gasteiger partial charge in [0.2, 0.25) is 0 Å². The summed E-state index contributed by atoms with van der Waals surface area (Å²) < 4.78 is 11.3. The van der Waals surface area contributed by atoms with Gasteiger partial charge in [0.05, 0.1) is 20.3 Å². The average molecular weight is 411 g/mol. The van der Waals surface area contributed by atoms with Crippen LogP contribution in [0.3, 0.4) is 0 Å². The Bertz CT molecular complexity index is 1260. The van der Waals surface area contributed by atoms with E-state index in [1.165, 1.54) is 38.9 Å². The zero-order chi connectivity index (χ0) is 20.9. The number of hydrogen-bond donors (Lipinski definition) is 1. The van der Waals surface area contributed by atoms with Gasteiger partial charge in [-0.25, -0.2) is 0 Å². The highest BCUT2D eigenvalue weighted by Gasteiger charge is 2.41. The van der Waals surface area contributed by atoms with Crippen molar-refractivity contribution in [1.82, 2.24) is 9.88 Å². The van der Waals surface area contributed by atoms with E-state index in [1.54, 1.807) is 14.2 Å². The standard InChI is InChI=1S/C27H26N2O2/c1-30-24-14-18-12-13-29-23(20(18)16-25(24)31-2)15-21-19-10-6-7-11-22(19)28-26(21)27(29)17-8-4-3-5-9-17/h3-11,14,16,23,27-28H,12-13,15H2,1-2H3/t23?,27-/m0/s1. The highest BCUT2D eigenvalue weighted by atomic mass is 16.5. The van der Waals surface area contributed by atoms with Crippen molar-refractivity contribution >= 4 is 10.9 Å². The molecule has 1 aromatic heterocycles. The van der Waals surface area contributed by atoms with E-state index in [2.05, 4.69) is 76.6 Å². The summed E-state index contributed by atoms with van der Waals surface area (Å²) in [6, 6.07) is 24.5. The van der Waals surface area contributed by atoms with E-state index in [-0.39, 0.29) is 6.04 Å². The number of aromatic nitrogens is 1. The normalized spacial score (nSPS) is 20.1. The molecule has 1 unspecified atom stereocenters. The Balaban J connectivity index is 1.57. The van der Waals surface area contributed by atoms with Crippen LogP contribution < -0.4 is 9.47 Å². The second kappa shape index (κ2) is 7.17. The summed E-state index contributed by atoms with van der Waals surface area (Å²) in [6.07, 6.45) is 2.00. The Morgan fingerprint density at radius 3 is 2.45 bits per heavy atom. The number of methoxy groups -OCH3 is 2. The molecule has 31 heavy (non-hydrogen) atoms. The van der Waals surface area contributed by atoms with Crippen LogP contribution >= 0.6 is 0 Å². The Morgan fingerprint density at radius 1 is 0.903 bits per heavy atom. The summed E-state index contributed by atoms with van der Waals surface area (Å²) in [5.41, 5.74) is 8.07. The minimum atomic E-state index is 0.212. The first-order valence-corrected chi connectivity index (χ1v) is 10.9. The number of fused-ring (bicyclic) bond motifs is 6. The zero-order valence-corrected chi connectivity index (χ0v) is 17.9. The van der Waals surface area contributed by atoms with Gasteiger partial charge < -0.3 is 14.5 Å². The lowest BCUT2D eigenvalue weighted by Gasteiger charge is -2.46. The fraction of sp³-hybridized carbons (Fsp3) is 0.259. The van der Waals surface area contributed by atoms with Gasteiger partial charge in [-0.2, -0.15) is 0 Å². The van der Waals surface area contributed by atoms with Crippen molar-refractivity contribution in [2.75, 3.05) is 20.8 Å². The zero-order valence-electron chi connectivity index (χ0n) is 17.9. The summed E-state index contributed by atoms with van der Waals surface area (Å²) in [4.78, 5) is 6.44. The monoisotopic (exact) mass is 410 g/mol. The Kier molecular flexibility index (Phi) is 4.29. The molecule has 3 aromatic carbocycles. The molecule has 2 aliphatic heterocycles. The quantitative estimate of drug-likeness (QED) is 0.489. The van der Waals surface area contributed by atoms with Gasteiger partial charge in [-0.05, 0) is 53.3 Å². The average Bonchev–Trinajstić information content (AvgIpc) is 3.20. The lowest BCUT2D eigenvalue weighted by molar-refractivity contribution is 0.127. The van der Waals surface area contributed by atoms with Crippen LogP contribution in [0.25, 0.3) is 10.9 Å². The van der Waals surface area contributed by atoms with Crippen molar-refractivity contribution in [2.45, 2.75) is 24.9 Å². The van der Waals surface area contributed by atoms with Crippen LogP contribution in [0.4, 0.5) is 0 Å². The highest BCUT2D eigenvalue weighted by Crippen LogP contribution is 2.49. The fourth-order valence-electron chi connectivity index (χ4n) is 5.61. The molecule has 0 saturated heterocycles. The molecule has 4 aromatic rings. The van der Waals surface area contributed by atoms with Crippen LogP contribution in [0.1, 0.15) is 40.0 Å². The number of H-pyrrole nitrogens is 1. The van der Waals surface area contributed by atoms with Gasteiger partial charge in [-0.1, -0.05) is 48.5 Å². The molecule has 4 heteroatoms. The largest absolute Gasteiger partial charge is 0.493 e. The van der Waals surface area contributed by atoms with Crippen LogP contribution in [0.15, 0.2) is 66.7 Å². The Hall–Kier alpha value is -3.24. The van der Waals surface area contributed by atoms with E-state index in [1.807, 2.05) is 0 Å². The maximum absolute atomic E-state index is 5.67. The van der Waals surface area contributed by atoms with E-state index in [9.17, 15) is 0 Å². The molecule has 1 N–H and O–H groups in total. The second-order valence-corrected chi connectivity index (χ2v) is 8.49. The molecule has 6 rings (SSSR count). The van der Waals surface area contributed by atoms with Crippen molar-refractivity contribution in [2.24, 2.45) is 0 Å². The molecule has 0 aliphatic carbocycles. The van der Waals surface area contributed by atoms with Crippen LogP contribution in [0, 0.1) is 0 Å². The first-order chi connectivity index (χ1) is 15.3. The SMILES string of the molecule is COc1cc2c(cc1OC)C1Cc3c([nH]c4ccccc34)[C@H](c3ccccc3)N1CC2. The number of benzene rings is 3. The minimum Gasteiger partial charge on any atom is -0.493 e. The topological polar surface area (TPSA) is 37.5 Å². The molecule has 2 atom stereocenters. The van der Waals surface area contributed by atoms with Gasteiger partial charge >= 0.3 is 0 Å². The number of ether oxygens (including phenoxy) is 2. The van der Waals surface area contributed by atoms with Gasteiger partial charge in [0.1, 0.15) is 0 Å². The summed E-state index contributed by atoms with van der Waals surface area (Å²) in [7, 11) is 3.43. The van der Waals surface area contributed by atoms with Gasteiger partial charge in [0.15, 0.2) is 11.5 Å². The van der Waals surface area contributed by atoms with E-state index in [4.69, 9.17) is 9.47 Å². The minimum absolute atomic E-state index is 0.212. The molecule has 0 radical (unpaired) electrons. The lowest BCUT2D eigenvalue weighted by atomic mass is 9.80. The molecule has 156 valence electrons. The molecular weight excluding hydrogens is 384 g/mol. The van der Waals surface area contributed by atoms with Crippen LogP contribution in [-0.4, -0.2) is 30.6 Å². The van der Waals surface area contributed by atoms with Crippen molar-refractivity contribution < 1.29 is 9.47 Å². The highest BCUT2D eigenvalue weighted by molar-refractivity contribution is 5.85. The molecule has 0 amide bonds. The van der Waals surface area contributed by atoms with E-state index in [0.717, 1.165) is 30.9 Å². The summed E-state index contributed by atoms with van der Waals surface area (Å²) in [5, 5.41) is 1.34. The van der Waals surface area contributed by atoms with Crippen molar-refractivity contribution in [3.63, 3.8) is 0 Å². The Morgan fingerprint density at radius 2 is 1.65 bits per heavy atom. The summed E-state index contributed by atoms with van der Waals surface area (Å²) >= 11 is 0. The molecule has 0 bridgehead atoms. The predicted molar refractivity (Wildman–Crippen MR) is 123 cm³/mol. The molecule has 0 spiro atoms. The van der Waals surface area contributed by atoms with E-state index < -0.39 is 0 Å². The summed E-state index contributed by atoms with van der Waals surface area (Å²) in [6.45, 7) is 1.02. The molecule has 3 heterocycles. The summed E-state index contributed by atoms with van der Waals surface area (Å²) in [5.74, 6) is 1.63. The number of nitrogens with zero attached hydrogens (tertiary/aromatic N) is 1. The van der Waals surface area contributed by atoms with Gasteiger partial charge in [-0.15, -0.1) is 0 Å². The number of nitrogens with one attached hydrogen (secondary N) is 1. The smallest absolute Gasteiger partial charge is 0.161 e. The van der Waals surface area contributed by atoms with E-state index >= 15 is 0 Å². The second-order valence-electron chi connectivity index (χ2n) is 8.49. The Labute approximate surface area is 182 Å². The fourth-order valence-corrected chi connectivity index (χ4v) is 5.61. The number of hydrogen-bond acceptors (Lipinski definition) is 3. The number of aromatic amines is 1. The van der Waals surface area contributed by atoms with Crippen molar-refractivity contribution in [3.8, 4) is 11.5 Å². The number of rotatable bonds is 3. The predicted octanol–water partition coefficient (Wildman–Crippen LogP) is 5.43. The molecule has 2 aliphatic rings. The lowest BCUT2D eigenvalue weighted by Crippen LogP contribution is -2.43. The maximum Gasteiger partial charge on any atom is 0.161 e. The molecule has 0 fully saturated rings. The van der Waals surface area contributed by atoms with Crippen LogP contribution in [-0.2, 0) is 12.8 Å².